The normalized spacial score (nSPS) is 19.8. The molecule has 0 aromatic heterocycles. The van der Waals surface area contributed by atoms with E-state index in [9.17, 15) is 4.39 Å². The summed E-state index contributed by atoms with van der Waals surface area (Å²) < 4.78 is 13.7. The molecule has 1 fully saturated rings. The summed E-state index contributed by atoms with van der Waals surface area (Å²) >= 11 is 5.75. The van der Waals surface area contributed by atoms with Crippen molar-refractivity contribution in [1.82, 2.24) is 10.2 Å². The molecule has 102 valence electrons. The van der Waals surface area contributed by atoms with Crippen molar-refractivity contribution in [2.24, 2.45) is 0 Å². The summed E-state index contributed by atoms with van der Waals surface area (Å²) in [7, 11) is 1.96. The van der Waals surface area contributed by atoms with Crippen molar-refractivity contribution in [2.75, 3.05) is 20.1 Å². The van der Waals surface area contributed by atoms with E-state index in [1.807, 2.05) is 7.05 Å². The zero-order valence-electron chi connectivity index (χ0n) is 10.5. The van der Waals surface area contributed by atoms with E-state index in [4.69, 9.17) is 11.6 Å². The van der Waals surface area contributed by atoms with Crippen LogP contribution < -0.4 is 5.32 Å². The van der Waals surface area contributed by atoms with Gasteiger partial charge in [0.05, 0.1) is 0 Å². The molecule has 0 amide bonds. The second-order valence-electron chi connectivity index (χ2n) is 4.56. The van der Waals surface area contributed by atoms with Crippen molar-refractivity contribution in [1.29, 1.82) is 0 Å². The maximum atomic E-state index is 13.7. The van der Waals surface area contributed by atoms with Gasteiger partial charge >= 0.3 is 0 Å². The molecule has 0 aliphatic carbocycles. The van der Waals surface area contributed by atoms with E-state index in [-0.39, 0.29) is 18.2 Å². The third-order valence-corrected chi connectivity index (χ3v) is 3.56. The molecule has 1 aliphatic heterocycles. The summed E-state index contributed by atoms with van der Waals surface area (Å²) in [6.45, 7) is 2.69. The molecule has 0 bridgehead atoms. The minimum atomic E-state index is -0.201. The minimum absolute atomic E-state index is 0. The molecule has 2 rings (SSSR count). The van der Waals surface area contributed by atoms with Gasteiger partial charge in [-0.2, -0.15) is 0 Å². The number of nitrogens with one attached hydrogen (secondary N) is 1. The zero-order valence-corrected chi connectivity index (χ0v) is 12.0. The molecular formula is C13H19Cl2FN2. The first-order valence-electron chi connectivity index (χ1n) is 6.03. The predicted octanol–water partition coefficient (Wildman–Crippen LogP) is 3.08. The van der Waals surface area contributed by atoms with Gasteiger partial charge in [-0.15, -0.1) is 12.4 Å². The number of likely N-dealkylation sites (tertiary alicyclic amines) is 1. The van der Waals surface area contributed by atoms with Crippen LogP contribution in [0.1, 0.15) is 18.4 Å². The maximum absolute atomic E-state index is 13.7. The lowest BCUT2D eigenvalue weighted by molar-refractivity contribution is 0.239. The summed E-state index contributed by atoms with van der Waals surface area (Å²) in [5.41, 5.74) is 0.734. The van der Waals surface area contributed by atoms with E-state index >= 15 is 0 Å². The van der Waals surface area contributed by atoms with Gasteiger partial charge < -0.3 is 5.32 Å². The lowest BCUT2D eigenvalue weighted by Gasteiger charge is -2.24. The fourth-order valence-corrected chi connectivity index (χ4v) is 2.60. The van der Waals surface area contributed by atoms with Gasteiger partial charge in [0.15, 0.2) is 0 Å². The highest BCUT2D eigenvalue weighted by atomic mass is 35.5. The number of likely N-dealkylation sites (N-methyl/N-ethyl adjacent to an activating group) is 1. The van der Waals surface area contributed by atoms with Crippen LogP contribution in [0.2, 0.25) is 5.02 Å². The summed E-state index contributed by atoms with van der Waals surface area (Å²) in [4.78, 5) is 2.34. The van der Waals surface area contributed by atoms with E-state index in [2.05, 4.69) is 10.2 Å². The van der Waals surface area contributed by atoms with E-state index in [1.165, 1.54) is 18.9 Å². The van der Waals surface area contributed by atoms with Crippen LogP contribution in [0.5, 0.6) is 0 Å². The Morgan fingerprint density at radius 1 is 1.50 bits per heavy atom. The zero-order chi connectivity index (χ0) is 12.3. The first-order valence-corrected chi connectivity index (χ1v) is 6.41. The Morgan fingerprint density at radius 3 is 2.94 bits per heavy atom. The molecule has 1 unspecified atom stereocenters. The smallest absolute Gasteiger partial charge is 0.129 e. The Morgan fingerprint density at radius 2 is 2.28 bits per heavy atom. The Bertz CT molecular complexity index is 387. The number of hydrogen-bond acceptors (Lipinski definition) is 2. The fraction of sp³-hybridized carbons (Fsp3) is 0.538. The lowest BCUT2D eigenvalue weighted by Crippen LogP contribution is -2.36. The molecule has 5 heteroatoms. The molecule has 0 radical (unpaired) electrons. The summed E-state index contributed by atoms with van der Waals surface area (Å²) in [6.07, 6.45) is 2.39. The third-order valence-electron chi connectivity index (χ3n) is 3.33. The summed E-state index contributed by atoms with van der Waals surface area (Å²) in [5.74, 6) is -0.201. The Balaban J connectivity index is 0.00000162. The van der Waals surface area contributed by atoms with Gasteiger partial charge in [0.1, 0.15) is 5.82 Å². The molecule has 1 saturated heterocycles. The maximum Gasteiger partial charge on any atom is 0.129 e. The molecule has 1 aromatic rings. The highest BCUT2D eigenvalue weighted by Crippen LogP contribution is 2.22. The number of halogens is 3. The van der Waals surface area contributed by atoms with E-state index in [0.29, 0.717) is 17.6 Å². The Labute approximate surface area is 119 Å². The average Bonchev–Trinajstić information content (AvgIpc) is 2.71. The van der Waals surface area contributed by atoms with Crippen LogP contribution in [-0.4, -0.2) is 31.1 Å². The molecule has 0 spiro atoms. The lowest BCUT2D eigenvalue weighted by atomic mass is 10.1. The average molecular weight is 293 g/mol. The van der Waals surface area contributed by atoms with Gasteiger partial charge in [0, 0.05) is 29.7 Å². The van der Waals surface area contributed by atoms with Crippen LogP contribution in [-0.2, 0) is 6.54 Å². The molecule has 1 aromatic carbocycles. The highest BCUT2D eigenvalue weighted by Gasteiger charge is 2.24. The molecule has 0 saturated carbocycles. The van der Waals surface area contributed by atoms with Gasteiger partial charge in [-0.05, 0) is 38.6 Å². The number of nitrogens with zero attached hydrogens (tertiary/aromatic N) is 1. The van der Waals surface area contributed by atoms with E-state index in [0.717, 1.165) is 18.7 Å². The number of rotatable bonds is 4. The van der Waals surface area contributed by atoms with Crippen molar-refractivity contribution in [3.63, 3.8) is 0 Å². The van der Waals surface area contributed by atoms with E-state index < -0.39 is 0 Å². The van der Waals surface area contributed by atoms with Crippen LogP contribution in [0.25, 0.3) is 0 Å². The van der Waals surface area contributed by atoms with Crippen LogP contribution in [0.15, 0.2) is 18.2 Å². The van der Waals surface area contributed by atoms with Crippen LogP contribution >= 0.6 is 24.0 Å². The van der Waals surface area contributed by atoms with Gasteiger partial charge in [0.25, 0.3) is 0 Å². The summed E-state index contributed by atoms with van der Waals surface area (Å²) in [6, 6.07) is 5.45. The quantitative estimate of drug-likeness (QED) is 0.917. The minimum Gasteiger partial charge on any atom is -0.318 e. The van der Waals surface area contributed by atoms with Gasteiger partial charge in [0.2, 0.25) is 0 Å². The van der Waals surface area contributed by atoms with Crippen LogP contribution in [0, 0.1) is 5.82 Å². The van der Waals surface area contributed by atoms with Crippen molar-refractivity contribution >= 4 is 24.0 Å². The molecule has 1 N–H and O–H groups in total. The molecule has 18 heavy (non-hydrogen) atoms. The van der Waals surface area contributed by atoms with Crippen LogP contribution in [0.4, 0.5) is 4.39 Å². The molecular weight excluding hydrogens is 274 g/mol. The van der Waals surface area contributed by atoms with Gasteiger partial charge in [-0.3, -0.25) is 4.90 Å². The van der Waals surface area contributed by atoms with Crippen molar-refractivity contribution in [2.45, 2.75) is 25.4 Å². The number of hydrogen-bond donors (Lipinski definition) is 1. The van der Waals surface area contributed by atoms with Gasteiger partial charge in [-0.1, -0.05) is 17.7 Å². The van der Waals surface area contributed by atoms with Crippen molar-refractivity contribution in [3.8, 4) is 0 Å². The van der Waals surface area contributed by atoms with E-state index in [1.54, 1.807) is 12.1 Å². The first kappa shape index (κ1) is 15.7. The standard InChI is InChI=1S/C13H18ClFN2.ClH/c1-16-8-12-3-2-6-17(12)9-10-4-5-11(14)7-13(10)15;/h4-5,7,12,16H,2-3,6,8-9H2,1H3;1H. The molecule has 2 nitrogen and oxygen atoms in total. The van der Waals surface area contributed by atoms with Gasteiger partial charge in [-0.25, -0.2) is 4.39 Å². The fourth-order valence-electron chi connectivity index (χ4n) is 2.44. The first-order chi connectivity index (χ1) is 8.20. The second-order valence-corrected chi connectivity index (χ2v) is 5.00. The third kappa shape index (κ3) is 3.82. The van der Waals surface area contributed by atoms with Crippen molar-refractivity contribution in [3.05, 3.63) is 34.6 Å². The molecule has 1 atom stereocenters. The van der Waals surface area contributed by atoms with Crippen molar-refractivity contribution < 1.29 is 4.39 Å². The SMILES string of the molecule is CNCC1CCCN1Cc1ccc(Cl)cc1F.Cl. The molecule has 1 heterocycles. The van der Waals surface area contributed by atoms with Crippen LogP contribution in [0.3, 0.4) is 0 Å². The topological polar surface area (TPSA) is 15.3 Å². The highest BCUT2D eigenvalue weighted by molar-refractivity contribution is 6.30. The second kappa shape index (κ2) is 7.29. The Kier molecular flexibility index (Phi) is 6.36. The predicted molar refractivity (Wildman–Crippen MR) is 76.0 cm³/mol. The monoisotopic (exact) mass is 292 g/mol. The summed E-state index contributed by atoms with van der Waals surface area (Å²) in [5, 5.41) is 3.65. The number of benzene rings is 1. The Hall–Kier alpha value is -0.350. The molecule has 1 aliphatic rings. The largest absolute Gasteiger partial charge is 0.318 e.